The average molecular weight is 266 g/mol. The van der Waals surface area contributed by atoms with Crippen LogP contribution in [0.1, 0.15) is 27.7 Å². The van der Waals surface area contributed by atoms with Crippen LogP contribution >= 0.6 is 0 Å². The minimum absolute atomic E-state index is 0.0758. The van der Waals surface area contributed by atoms with Crippen molar-refractivity contribution in [2.24, 2.45) is 5.41 Å². The van der Waals surface area contributed by atoms with Crippen molar-refractivity contribution in [3.8, 4) is 5.75 Å². The SMILES string of the molecule is CC(NCCOc1ccc([N+](=O)[O-])cc1)C(C)(C)C. The van der Waals surface area contributed by atoms with Gasteiger partial charge in [-0.15, -0.1) is 0 Å². The van der Waals surface area contributed by atoms with Gasteiger partial charge in [-0.1, -0.05) is 20.8 Å². The van der Waals surface area contributed by atoms with Crippen LogP contribution in [-0.4, -0.2) is 24.1 Å². The number of nitrogens with one attached hydrogen (secondary N) is 1. The summed E-state index contributed by atoms with van der Waals surface area (Å²) in [6, 6.07) is 6.52. The summed E-state index contributed by atoms with van der Waals surface area (Å²) in [5, 5.41) is 13.9. The van der Waals surface area contributed by atoms with Crippen LogP contribution in [0.25, 0.3) is 0 Å². The van der Waals surface area contributed by atoms with Gasteiger partial charge in [-0.05, 0) is 24.5 Å². The quantitative estimate of drug-likeness (QED) is 0.488. The summed E-state index contributed by atoms with van der Waals surface area (Å²) in [6.07, 6.45) is 0. The van der Waals surface area contributed by atoms with Gasteiger partial charge in [0.15, 0.2) is 0 Å². The largest absolute Gasteiger partial charge is 0.492 e. The van der Waals surface area contributed by atoms with E-state index >= 15 is 0 Å². The summed E-state index contributed by atoms with van der Waals surface area (Å²) in [7, 11) is 0. The van der Waals surface area contributed by atoms with Crippen LogP contribution in [0.15, 0.2) is 24.3 Å². The van der Waals surface area contributed by atoms with E-state index in [1.165, 1.54) is 12.1 Å². The number of benzene rings is 1. The normalized spacial score (nSPS) is 13.1. The van der Waals surface area contributed by atoms with Gasteiger partial charge in [0.25, 0.3) is 5.69 Å². The second kappa shape index (κ2) is 6.52. The predicted molar refractivity (Wildman–Crippen MR) is 75.5 cm³/mol. The second-order valence-corrected chi connectivity index (χ2v) is 5.64. The summed E-state index contributed by atoms with van der Waals surface area (Å²) in [6.45, 7) is 9.98. The zero-order chi connectivity index (χ0) is 14.5. The van der Waals surface area contributed by atoms with E-state index in [1.54, 1.807) is 12.1 Å². The van der Waals surface area contributed by atoms with Crippen LogP contribution in [0.2, 0.25) is 0 Å². The highest BCUT2D eigenvalue weighted by Gasteiger charge is 2.18. The molecule has 1 N–H and O–H groups in total. The van der Waals surface area contributed by atoms with Gasteiger partial charge in [0.1, 0.15) is 12.4 Å². The number of nitro benzene ring substituents is 1. The van der Waals surface area contributed by atoms with E-state index in [4.69, 9.17) is 4.74 Å². The molecule has 0 saturated carbocycles. The summed E-state index contributed by atoms with van der Waals surface area (Å²) in [5.41, 5.74) is 0.291. The van der Waals surface area contributed by atoms with Crippen LogP contribution in [0, 0.1) is 15.5 Å². The Hall–Kier alpha value is -1.62. The standard InChI is InChI=1S/C14H22N2O3/c1-11(14(2,3)4)15-9-10-19-13-7-5-12(6-8-13)16(17)18/h5-8,11,15H,9-10H2,1-4H3. The molecule has 1 rings (SSSR count). The minimum atomic E-state index is -0.420. The molecule has 106 valence electrons. The third-order valence-corrected chi connectivity index (χ3v) is 3.17. The number of hydrogen-bond acceptors (Lipinski definition) is 4. The van der Waals surface area contributed by atoms with Gasteiger partial charge in [-0.2, -0.15) is 0 Å². The first kappa shape index (κ1) is 15.4. The van der Waals surface area contributed by atoms with Gasteiger partial charge in [0.2, 0.25) is 0 Å². The Morgan fingerprint density at radius 3 is 2.37 bits per heavy atom. The van der Waals surface area contributed by atoms with Crippen molar-refractivity contribution in [1.82, 2.24) is 5.32 Å². The highest BCUT2D eigenvalue weighted by molar-refractivity contribution is 5.35. The number of nitrogens with zero attached hydrogens (tertiary/aromatic N) is 1. The van der Waals surface area contributed by atoms with Crippen molar-refractivity contribution in [2.45, 2.75) is 33.7 Å². The molecule has 5 heteroatoms. The molecular weight excluding hydrogens is 244 g/mol. The molecule has 0 radical (unpaired) electrons. The molecule has 5 nitrogen and oxygen atoms in total. The molecule has 0 aromatic heterocycles. The molecule has 1 aromatic rings. The molecule has 0 aliphatic carbocycles. The van der Waals surface area contributed by atoms with Gasteiger partial charge < -0.3 is 10.1 Å². The summed E-state index contributed by atoms with van der Waals surface area (Å²) >= 11 is 0. The Morgan fingerprint density at radius 2 is 1.89 bits per heavy atom. The molecule has 0 aliphatic rings. The Balaban J connectivity index is 2.32. The van der Waals surface area contributed by atoms with Crippen molar-refractivity contribution < 1.29 is 9.66 Å². The molecule has 0 fully saturated rings. The molecule has 0 spiro atoms. The third kappa shape index (κ3) is 5.26. The Morgan fingerprint density at radius 1 is 1.32 bits per heavy atom. The molecule has 0 amide bonds. The summed E-state index contributed by atoms with van der Waals surface area (Å²) in [4.78, 5) is 10.1. The number of nitro groups is 1. The first-order chi connectivity index (χ1) is 8.80. The predicted octanol–water partition coefficient (Wildman–Crippen LogP) is 3.00. The molecule has 19 heavy (non-hydrogen) atoms. The van der Waals surface area contributed by atoms with E-state index in [0.717, 1.165) is 6.54 Å². The topological polar surface area (TPSA) is 64.4 Å². The molecular formula is C14H22N2O3. The van der Waals surface area contributed by atoms with Gasteiger partial charge in [0, 0.05) is 24.7 Å². The zero-order valence-corrected chi connectivity index (χ0v) is 12.0. The fourth-order valence-corrected chi connectivity index (χ4v) is 1.41. The Bertz CT molecular complexity index is 410. The smallest absolute Gasteiger partial charge is 0.269 e. The zero-order valence-electron chi connectivity index (χ0n) is 12.0. The Kier molecular flexibility index (Phi) is 5.30. The monoisotopic (exact) mass is 266 g/mol. The lowest BCUT2D eigenvalue weighted by molar-refractivity contribution is -0.384. The van der Waals surface area contributed by atoms with E-state index in [9.17, 15) is 10.1 Å². The highest BCUT2D eigenvalue weighted by Crippen LogP contribution is 2.19. The number of non-ortho nitro benzene ring substituents is 1. The maximum Gasteiger partial charge on any atom is 0.269 e. The molecule has 0 bridgehead atoms. The Labute approximate surface area is 114 Å². The van der Waals surface area contributed by atoms with E-state index in [2.05, 4.69) is 33.0 Å². The van der Waals surface area contributed by atoms with Crippen molar-refractivity contribution in [3.05, 3.63) is 34.4 Å². The molecule has 1 unspecified atom stereocenters. The molecule has 1 atom stereocenters. The van der Waals surface area contributed by atoms with Gasteiger partial charge in [0.05, 0.1) is 4.92 Å². The fourth-order valence-electron chi connectivity index (χ4n) is 1.41. The second-order valence-electron chi connectivity index (χ2n) is 5.64. The first-order valence-corrected chi connectivity index (χ1v) is 6.41. The third-order valence-electron chi connectivity index (χ3n) is 3.17. The first-order valence-electron chi connectivity index (χ1n) is 6.41. The van der Waals surface area contributed by atoms with E-state index in [-0.39, 0.29) is 11.1 Å². The van der Waals surface area contributed by atoms with Crippen molar-refractivity contribution >= 4 is 5.69 Å². The lowest BCUT2D eigenvalue weighted by Crippen LogP contribution is -2.39. The van der Waals surface area contributed by atoms with Crippen molar-refractivity contribution in [1.29, 1.82) is 0 Å². The highest BCUT2D eigenvalue weighted by atomic mass is 16.6. The van der Waals surface area contributed by atoms with Crippen LogP contribution < -0.4 is 10.1 Å². The molecule has 1 aromatic carbocycles. The lowest BCUT2D eigenvalue weighted by atomic mass is 9.88. The number of hydrogen-bond donors (Lipinski definition) is 1. The van der Waals surface area contributed by atoms with E-state index in [0.29, 0.717) is 18.4 Å². The van der Waals surface area contributed by atoms with E-state index < -0.39 is 4.92 Å². The van der Waals surface area contributed by atoms with Crippen LogP contribution in [-0.2, 0) is 0 Å². The summed E-state index contributed by atoms with van der Waals surface area (Å²) < 4.78 is 5.52. The lowest BCUT2D eigenvalue weighted by Gasteiger charge is -2.28. The average Bonchev–Trinajstić information content (AvgIpc) is 2.33. The van der Waals surface area contributed by atoms with Gasteiger partial charge in [-0.25, -0.2) is 0 Å². The molecule has 0 saturated heterocycles. The van der Waals surface area contributed by atoms with Gasteiger partial charge >= 0.3 is 0 Å². The molecule has 0 heterocycles. The maximum atomic E-state index is 10.5. The van der Waals surface area contributed by atoms with Gasteiger partial charge in [-0.3, -0.25) is 10.1 Å². The van der Waals surface area contributed by atoms with Crippen LogP contribution in [0.4, 0.5) is 5.69 Å². The number of ether oxygens (including phenoxy) is 1. The fraction of sp³-hybridized carbons (Fsp3) is 0.571. The van der Waals surface area contributed by atoms with Crippen molar-refractivity contribution in [3.63, 3.8) is 0 Å². The molecule has 0 aliphatic heterocycles. The van der Waals surface area contributed by atoms with Crippen LogP contribution in [0.5, 0.6) is 5.75 Å². The van der Waals surface area contributed by atoms with Crippen LogP contribution in [0.3, 0.4) is 0 Å². The van der Waals surface area contributed by atoms with Crippen molar-refractivity contribution in [2.75, 3.05) is 13.2 Å². The summed E-state index contributed by atoms with van der Waals surface area (Å²) in [5.74, 6) is 0.649. The minimum Gasteiger partial charge on any atom is -0.492 e. The maximum absolute atomic E-state index is 10.5. The van der Waals surface area contributed by atoms with E-state index in [1.807, 2.05) is 0 Å². The number of rotatable bonds is 6.